The average Bonchev–Trinajstić information content (AvgIpc) is 1.69. The summed E-state index contributed by atoms with van der Waals surface area (Å²) < 4.78 is 0. The molecule has 2 nitrogen and oxygen atoms in total. The van der Waals surface area contributed by atoms with Gasteiger partial charge in [0, 0.05) is 0 Å². The van der Waals surface area contributed by atoms with Crippen LogP contribution in [0.2, 0.25) is 6.04 Å². The molecule has 0 rings (SSSR count). The summed E-state index contributed by atoms with van der Waals surface area (Å²) in [6.45, 7) is 0.856. The Balaban J connectivity index is 2.45. The minimum atomic E-state index is 0.0807. The number of hydrogen-bond donors (Lipinski definition) is 2. The van der Waals surface area contributed by atoms with E-state index in [1.165, 1.54) is 12.5 Å². The van der Waals surface area contributed by atoms with Crippen LogP contribution in [0.5, 0.6) is 0 Å². The van der Waals surface area contributed by atoms with Crippen molar-refractivity contribution in [3.05, 3.63) is 0 Å². The first-order chi connectivity index (χ1) is 3.41. The van der Waals surface area contributed by atoms with Gasteiger partial charge < -0.3 is 10.7 Å². The highest BCUT2D eigenvalue weighted by Crippen LogP contribution is 1.79. The van der Waals surface area contributed by atoms with Gasteiger partial charge in [-0.2, -0.15) is 0 Å². The van der Waals surface area contributed by atoms with Gasteiger partial charge >= 0.3 is 0 Å². The zero-order valence-electron chi connectivity index (χ0n) is 4.91. The molecule has 0 atom stereocenters. The van der Waals surface area contributed by atoms with Gasteiger partial charge in [0.25, 0.3) is 0 Å². The molecule has 0 bridgehead atoms. The fraction of sp³-hybridized carbons (Fsp3) is 1.00. The third-order valence-electron chi connectivity index (χ3n) is 0.881. The van der Waals surface area contributed by atoms with Crippen molar-refractivity contribution in [2.24, 2.45) is 5.73 Å². The van der Waals surface area contributed by atoms with Crippen molar-refractivity contribution in [1.29, 1.82) is 0 Å². The Morgan fingerprint density at radius 3 is 2.86 bits per heavy atom. The molecule has 44 valence electrons. The van der Waals surface area contributed by atoms with E-state index >= 15 is 0 Å². The highest BCUT2D eigenvalue weighted by molar-refractivity contribution is 6.31. The van der Waals surface area contributed by atoms with Crippen molar-refractivity contribution in [1.82, 2.24) is 4.98 Å². The van der Waals surface area contributed by atoms with Crippen molar-refractivity contribution < 1.29 is 0 Å². The van der Waals surface area contributed by atoms with E-state index < -0.39 is 0 Å². The predicted octanol–water partition coefficient (Wildman–Crippen LogP) is -0.943. The van der Waals surface area contributed by atoms with Crippen LogP contribution in [0, 0.1) is 0 Å². The summed E-state index contributed by atoms with van der Waals surface area (Å²) in [5.74, 6) is 0. The Hall–Kier alpha value is 0.137. The van der Waals surface area contributed by atoms with Gasteiger partial charge in [0.05, 0.1) is 9.68 Å². The molecule has 3 N–H and O–H groups in total. The van der Waals surface area contributed by atoms with Crippen LogP contribution in [0.25, 0.3) is 0 Å². The van der Waals surface area contributed by atoms with Crippen LogP contribution in [-0.2, 0) is 0 Å². The van der Waals surface area contributed by atoms with E-state index in [1.54, 1.807) is 0 Å². The molecule has 0 aliphatic heterocycles. The van der Waals surface area contributed by atoms with Crippen molar-refractivity contribution in [3.8, 4) is 0 Å². The quantitative estimate of drug-likeness (QED) is 0.369. The summed E-state index contributed by atoms with van der Waals surface area (Å²) in [6.07, 6.45) is 1.20. The first-order valence-electron chi connectivity index (χ1n) is 2.76. The maximum absolute atomic E-state index is 5.26. The molecule has 0 saturated heterocycles. The van der Waals surface area contributed by atoms with Crippen molar-refractivity contribution in [3.63, 3.8) is 0 Å². The molecule has 0 unspecified atom stereocenters. The maximum atomic E-state index is 5.26. The lowest BCUT2D eigenvalue weighted by atomic mass is 10.5. The summed E-state index contributed by atoms with van der Waals surface area (Å²) in [4.78, 5) is 3.19. The molecule has 0 spiro atoms. The lowest BCUT2D eigenvalue weighted by Crippen LogP contribution is -2.13. The first-order valence-corrected chi connectivity index (χ1v) is 4.47. The van der Waals surface area contributed by atoms with Gasteiger partial charge in [-0.25, -0.2) is 0 Å². The van der Waals surface area contributed by atoms with Gasteiger partial charge in [0.15, 0.2) is 0 Å². The topological polar surface area (TPSA) is 38.0 Å². The van der Waals surface area contributed by atoms with Crippen LogP contribution in [0.4, 0.5) is 0 Å². The Morgan fingerprint density at radius 1 is 1.71 bits per heavy atom. The molecule has 0 aromatic carbocycles. The second-order valence-electron chi connectivity index (χ2n) is 1.60. The van der Waals surface area contributed by atoms with Gasteiger partial charge in [0.1, 0.15) is 0 Å². The van der Waals surface area contributed by atoms with Gasteiger partial charge in [-0.1, -0.05) is 0 Å². The van der Waals surface area contributed by atoms with Crippen LogP contribution in [0.3, 0.4) is 0 Å². The normalized spacial score (nSPS) is 11.1. The summed E-state index contributed by atoms with van der Waals surface area (Å²) in [5.41, 5.74) is 5.26. The minimum absolute atomic E-state index is 0.0807. The van der Waals surface area contributed by atoms with Crippen molar-refractivity contribution in [2.45, 2.75) is 12.5 Å². The first kappa shape index (κ1) is 7.14. The molecule has 0 amide bonds. The Kier molecular flexibility index (Phi) is 6.26. The van der Waals surface area contributed by atoms with E-state index in [4.69, 9.17) is 5.73 Å². The molecule has 0 aliphatic carbocycles. The average molecular weight is 118 g/mol. The molecule has 3 heteroatoms. The summed E-state index contributed by atoms with van der Waals surface area (Å²) >= 11 is 0. The lowest BCUT2D eigenvalue weighted by Gasteiger charge is -1.92. The fourth-order valence-corrected chi connectivity index (χ4v) is 1.34. The monoisotopic (exact) mass is 118 g/mol. The third kappa shape index (κ3) is 6.14. The molecule has 0 aromatic heterocycles. The van der Waals surface area contributed by atoms with Crippen LogP contribution >= 0.6 is 0 Å². The van der Waals surface area contributed by atoms with Gasteiger partial charge in [-0.15, -0.1) is 0 Å². The largest absolute Gasteiger partial charge is 0.345 e. The predicted molar refractivity (Wildman–Crippen MR) is 36.1 cm³/mol. The zero-order chi connectivity index (χ0) is 5.54. The fourth-order valence-electron chi connectivity index (χ4n) is 0.446. The molecular formula is C4H14N2Si. The highest BCUT2D eigenvalue weighted by atomic mass is 28.2. The van der Waals surface area contributed by atoms with E-state index in [2.05, 4.69) is 4.98 Å². The second kappa shape index (κ2) is 6.14. The van der Waals surface area contributed by atoms with E-state index in [0.29, 0.717) is 0 Å². The van der Waals surface area contributed by atoms with Crippen LogP contribution in [0.1, 0.15) is 6.42 Å². The molecule has 0 saturated carbocycles. The van der Waals surface area contributed by atoms with Crippen molar-refractivity contribution >= 4 is 9.68 Å². The molecule has 0 radical (unpaired) electrons. The number of rotatable bonds is 4. The molecule has 0 aromatic rings. The van der Waals surface area contributed by atoms with E-state index in [1.807, 2.05) is 7.05 Å². The Bertz CT molecular complexity index is 28.9. The van der Waals surface area contributed by atoms with Gasteiger partial charge in [-0.3, -0.25) is 0 Å². The van der Waals surface area contributed by atoms with E-state index in [0.717, 1.165) is 6.54 Å². The zero-order valence-corrected chi connectivity index (χ0v) is 6.32. The van der Waals surface area contributed by atoms with E-state index in [9.17, 15) is 0 Å². The van der Waals surface area contributed by atoms with E-state index in [-0.39, 0.29) is 9.68 Å². The lowest BCUT2D eigenvalue weighted by molar-refractivity contribution is 0.917. The van der Waals surface area contributed by atoms with Crippen molar-refractivity contribution in [2.75, 3.05) is 13.6 Å². The Labute approximate surface area is 47.4 Å². The summed E-state index contributed by atoms with van der Waals surface area (Å²) in [7, 11) is 2.10. The molecule has 0 fully saturated rings. The standard InChI is InChI=1S/C4H14N2Si/c1-6-7-4-2-3-5/h6H,2-5,7H2,1H3. The molecular weight excluding hydrogens is 104 g/mol. The summed E-state index contributed by atoms with van der Waals surface area (Å²) in [5, 5.41) is 0. The van der Waals surface area contributed by atoms with Gasteiger partial charge in [0.2, 0.25) is 0 Å². The molecule has 0 heterocycles. The summed E-state index contributed by atoms with van der Waals surface area (Å²) in [6, 6.07) is 1.34. The number of hydrogen-bond acceptors (Lipinski definition) is 2. The number of nitrogens with one attached hydrogen (secondary N) is 1. The molecule has 0 aliphatic rings. The maximum Gasteiger partial charge on any atom is 0.0913 e. The minimum Gasteiger partial charge on any atom is -0.345 e. The molecule has 7 heavy (non-hydrogen) atoms. The van der Waals surface area contributed by atoms with Crippen LogP contribution in [0.15, 0.2) is 0 Å². The van der Waals surface area contributed by atoms with Crippen LogP contribution in [-0.4, -0.2) is 23.3 Å². The highest BCUT2D eigenvalue weighted by Gasteiger charge is 1.80. The van der Waals surface area contributed by atoms with Crippen LogP contribution < -0.4 is 10.7 Å². The number of nitrogens with two attached hydrogens (primary N) is 1. The second-order valence-corrected chi connectivity index (χ2v) is 3.51. The SMILES string of the molecule is CN[SiH2]CCCN. The van der Waals surface area contributed by atoms with Gasteiger partial charge in [-0.05, 0) is 26.1 Å². The smallest absolute Gasteiger partial charge is 0.0913 e. The third-order valence-corrected chi connectivity index (χ3v) is 2.23. The Morgan fingerprint density at radius 2 is 2.43 bits per heavy atom.